The summed E-state index contributed by atoms with van der Waals surface area (Å²) in [5, 5.41) is 3.75. The molecule has 0 aliphatic heterocycles. The topological polar surface area (TPSA) is 38.3 Å². The van der Waals surface area contributed by atoms with E-state index in [0.29, 0.717) is 5.92 Å². The Balaban J connectivity index is 2.30. The highest BCUT2D eigenvalue weighted by Gasteiger charge is 2.33. The Kier molecular flexibility index (Phi) is 5.82. The quantitative estimate of drug-likeness (QED) is 0.877. The molecule has 0 bridgehead atoms. The Morgan fingerprint density at radius 3 is 2.81 bits per heavy atom. The van der Waals surface area contributed by atoms with Crippen LogP contribution in [0, 0.1) is 5.92 Å². The van der Waals surface area contributed by atoms with E-state index in [1.807, 2.05) is 6.07 Å². The first-order valence-electron chi connectivity index (χ1n) is 7.84. The van der Waals surface area contributed by atoms with E-state index in [2.05, 4.69) is 38.2 Å². The molecule has 0 heterocycles. The number of ether oxygens (including phenoxy) is 1. The largest absolute Gasteiger partial charge is 0.497 e. The second-order valence-corrected chi connectivity index (χ2v) is 7.82. The minimum absolute atomic E-state index is 0.174. The fourth-order valence-electron chi connectivity index (χ4n) is 3.08. The fraction of sp³-hybridized carbons (Fsp3) is 0.647. The van der Waals surface area contributed by atoms with Crippen LogP contribution in [0.2, 0.25) is 0 Å². The molecule has 0 spiro atoms. The van der Waals surface area contributed by atoms with Gasteiger partial charge < -0.3 is 10.1 Å². The molecular weight excluding hydrogens is 282 g/mol. The minimum atomic E-state index is -0.787. The number of fused-ring (bicyclic) bond motifs is 1. The zero-order valence-corrected chi connectivity index (χ0v) is 14.3. The van der Waals surface area contributed by atoms with Crippen LogP contribution in [0.1, 0.15) is 44.4 Å². The maximum absolute atomic E-state index is 12.7. The van der Waals surface area contributed by atoms with Gasteiger partial charge in [0.25, 0.3) is 0 Å². The van der Waals surface area contributed by atoms with E-state index >= 15 is 0 Å². The first kappa shape index (κ1) is 16.5. The number of rotatable bonds is 6. The average molecular weight is 309 g/mol. The van der Waals surface area contributed by atoms with Crippen molar-refractivity contribution < 1.29 is 8.95 Å². The molecule has 0 fully saturated rings. The van der Waals surface area contributed by atoms with E-state index in [0.717, 1.165) is 30.9 Å². The molecule has 1 N–H and O–H groups in total. The van der Waals surface area contributed by atoms with Gasteiger partial charge in [0.2, 0.25) is 0 Å². The van der Waals surface area contributed by atoms with Crippen LogP contribution in [-0.4, -0.2) is 28.9 Å². The van der Waals surface area contributed by atoms with Crippen molar-refractivity contribution in [1.29, 1.82) is 0 Å². The molecule has 1 aliphatic rings. The van der Waals surface area contributed by atoms with Crippen LogP contribution >= 0.6 is 0 Å². The summed E-state index contributed by atoms with van der Waals surface area (Å²) in [7, 11) is 0.908. The standard InChI is InChI=1S/C17H27NO2S/c1-5-18-17-15-10-14(20-4)8-6-13(15)7-9-16(17)21(19)11-12(2)3/h6,8,10,12,16-18H,5,7,9,11H2,1-4H3. The number of aryl methyl sites for hydroxylation is 1. The lowest BCUT2D eigenvalue weighted by atomic mass is 9.87. The van der Waals surface area contributed by atoms with Gasteiger partial charge in [-0.2, -0.15) is 0 Å². The van der Waals surface area contributed by atoms with Gasteiger partial charge in [-0.3, -0.25) is 4.21 Å². The highest BCUT2D eigenvalue weighted by molar-refractivity contribution is 7.85. The molecule has 0 aromatic heterocycles. The molecule has 1 aliphatic carbocycles. The Labute approximate surface area is 130 Å². The van der Waals surface area contributed by atoms with Crippen molar-refractivity contribution in [1.82, 2.24) is 5.32 Å². The predicted octanol–water partition coefficient (Wildman–Crippen LogP) is 3.07. The summed E-state index contributed by atoms with van der Waals surface area (Å²) in [5.74, 6) is 2.14. The van der Waals surface area contributed by atoms with Gasteiger partial charge in [0.15, 0.2) is 0 Å². The van der Waals surface area contributed by atoms with E-state index in [4.69, 9.17) is 4.74 Å². The van der Waals surface area contributed by atoms with Crippen molar-refractivity contribution in [2.24, 2.45) is 5.92 Å². The zero-order chi connectivity index (χ0) is 15.4. The molecule has 3 unspecified atom stereocenters. The minimum Gasteiger partial charge on any atom is -0.497 e. The number of hydrogen-bond acceptors (Lipinski definition) is 3. The Bertz CT molecular complexity index is 502. The summed E-state index contributed by atoms with van der Waals surface area (Å²) in [6.45, 7) is 7.27. The average Bonchev–Trinajstić information content (AvgIpc) is 2.46. The third-order valence-electron chi connectivity index (χ3n) is 4.02. The highest BCUT2D eigenvalue weighted by Crippen LogP contribution is 2.35. The first-order chi connectivity index (χ1) is 10.1. The maximum atomic E-state index is 12.7. The summed E-state index contributed by atoms with van der Waals surface area (Å²) >= 11 is 0. The molecule has 118 valence electrons. The molecule has 3 atom stereocenters. The van der Waals surface area contributed by atoms with Crippen molar-refractivity contribution in [3.05, 3.63) is 29.3 Å². The lowest BCUT2D eigenvalue weighted by molar-refractivity contribution is 0.410. The van der Waals surface area contributed by atoms with Gasteiger partial charge in [-0.05, 0) is 48.6 Å². The molecule has 0 saturated heterocycles. The van der Waals surface area contributed by atoms with Crippen LogP contribution in [0.25, 0.3) is 0 Å². The Hall–Kier alpha value is -0.870. The van der Waals surface area contributed by atoms with Crippen LogP contribution in [0.15, 0.2) is 18.2 Å². The number of methoxy groups -OCH3 is 1. The van der Waals surface area contributed by atoms with Crippen LogP contribution < -0.4 is 10.1 Å². The number of benzene rings is 1. The molecule has 0 amide bonds. The van der Waals surface area contributed by atoms with Crippen molar-refractivity contribution in [3.8, 4) is 5.75 Å². The van der Waals surface area contributed by atoms with Crippen LogP contribution in [0.4, 0.5) is 0 Å². The predicted molar refractivity (Wildman–Crippen MR) is 89.4 cm³/mol. The number of nitrogens with one attached hydrogen (secondary N) is 1. The SMILES string of the molecule is CCNC1c2cc(OC)ccc2CCC1S(=O)CC(C)C. The van der Waals surface area contributed by atoms with E-state index in [-0.39, 0.29) is 11.3 Å². The fourth-order valence-corrected chi connectivity index (χ4v) is 4.91. The van der Waals surface area contributed by atoms with Crippen molar-refractivity contribution >= 4 is 10.8 Å². The van der Waals surface area contributed by atoms with E-state index in [1.54, 1.807) is 7.11 Å². The Morgan fingerprint density at radius 1 is 1.43 bits per heavy atom. The monoisotopic (exact) mass is 309 g/mol. The van der Waals surface area contributed by atoms with Gasteiger partial charge in [-0.25, -0.2) is 0 Å². The molecule has 4 heteroatoms. The summed E-state index contributed by atoms with van der Waals surface area (Å²) in [6, 6.07) is 6.46. The van der Waals surface area contributed by atoms with Crippen LogP contribution in [0.3, 0.4) is 0 Å². The normalized spacial score (nSPS) is 22.9. The maximum Gasteiger partial charge on any atom is 0.119 e. The molecule has 0 radical (unpaired) electrons. The van der Waals surface area contributed by atoms with E-state index < -0.39 is 10.8 Å². The third-order valence-corrected chi connectivity index (χ3v) is 6.20. The number of hydrogen-bond donors (Lipinski definition) is 1. The van der Waals surface area contributed by atoms with Gasteiger partial charge >= 0.3 is 0 Å². The molecule has 21 heavy (non-hydrogen) atoms. The van der Waals surface area contributed by atoms with E-state index in [9.17, 15) is 4.21 Å². The molecule has 0 saturated carbocycles. The second-order valence-electron chi connectivity index (χ2n) is 6.12. The summed E-state index contributed by atoms with van der Waals surface area (Å²) in [6.07, 6.45) is 2.01. The molecule has 1 aromatic carbocycles. The molecule has 2 rings (SSSR count). The van der Waals surface area contributed by atoms with Crippen molar-refractivity contribution in [3.63, 3.8) is 0 Å². The smallest absolute Gasteiger partial charge is 0.119 e. The van der Waals surface area contributed by atoms with Gasteiger partial charge in [-0.1, -0.05) is 26.8 Å². The summed E-state index contributed by atoms with van der Waals surface area (Å²) in [5.41, 5.74) is 2.63. The molecule has 1 aromatic rings. The van der Waals surface area contributed by atoms with Crippen LogP contribution in [0.5, 0.6) is 5.75 Å². The van der Waals surface area contributed by atoms with Crippen molar-refractivity contribution in [2.45, 2.75) is 44.9 Å². The molecular formula is C17H27NO2S. The van der Waals surface area contributed by atoms with Crippen LogP contribution in [-0.2, 0) is 17.2 Å². The van der Waals surface area contributed by atoms with Crippen molar-refractivity contribution in [2.75, 3.05) is 19.4 Å². The summed E-state index contributed by atoms with van der Waals surface area (Å²) < 4.78 is 18.1. The highest BCUT2D eigenvalue weighted by atomic mass is 32.2. The second kappa shape index (κ2) is 7.41. The summed E-state index contributed by atoms with van der Waals surface area (Å²) in [4.78, 5) is 0. The lowest BCUT2D eigenvalue weighted by Crippen LogP contribution is -2.39. The van der Waals surface area contributed by atoms with Gasteiger partial charge in [0, 0.05) is 22.6 Å². The molecule has 3 nitrogen and oxygen atoms in total. The lowest BCUT2D eigenvalue weighted by Gasteiger charge is -2.34. The Morgan fingerprint density at radius 2 is 2.19 bits per heavy atom. The third kappa shape index (κ3) is 3.86. The zero-order valence-electron chi connectivity index (χ0n) is 13.5. The van der Waals surface area contributed by atoms with E-state index in [1.165, 1.54) is 11.1 Å². The van der Waals surface area contributed by atoms with Gasteiger partial charge in [0.05, 0.1) is 12.4 Å². The van der Waals surface area contributed by atoms with Gasteiger partial charge in [0.1, 0.15) is 5.75 Å². The first-order valence-corrected chi connectivity index (χ1v) is 9.22. The van der Waals surface area contributed by atoms with Gasteiger partial charge in [-0.15, -0.1) is 0 Å².